The monoisotopic (exact) mass is 378 g/mol. The number of carbonyl (C=O) groups excluding carboxylic acids is 3. The number of hydrogen-bond donors (Lipinski definition) is 0. The summed E-state index contributed by atoms with van der Waals surface area (Å²) in [5, 5.41) is 0. The van der Waals surface area contributed by atoms with E-state index in [-0.39, 0.29) is 29.1 Å². The normalized spacial score (nSPS) is 46.1. The third-order valence-electron chi connectivity index (χ3n) is 9.26. The van der Waals surface area contributed by atoms with Gasteiger partial charge in [-0.15, -0.1) is 0 Å². The maximum absolute atomic E-state index is 13.7. The highest BCUT2D eigenvalue weighted by Crippen LogP contribution is 2.80. The molecule has 3 aliphatic heterocycles. The minimum atomic E-state index is -0.653. The number of amides is 2. The standard InChI is InChI=1S/C22H22N2O4/c1-28-19(27)24-14-6-3-2-5-12(14)22-15-16(25)13-11-20(8-9-21(13,22)24)7-4-10-23(17(15)26)18(20)22/h2-3,5-6,13,15,18H,4,7-11H2,1H3/t13-,15?,18-,20?,21?,22-/m0/s1. The van der Waals surface area contributed by atoms with Crippen LogP contribution in [0.1, 0.15) is 37.7 Å². The first-order valence-electron chi connectivity index (χ1n) is 10.4. The molecule has 2 saturated heterocycles. The molecule has 3 spiro atoms. The van der Waals surface area contributed by atoms with Crippen LogP contribution in [0, 0.1) is 17.3 Å². The Labute approximate surface area is 162 Å². The molecule has 28 heavy (non-hydrogen) atoms. The lowest BCUT2D eigenvalue weighted by Gasteiger charge is -2.67. The highest BCUT2D eigenvalue weighted by atomic mass is 16.5. The summed E-state index contributed by atoms with van der Waals surface area (Å²) in [7, 11) is 1.40. The van der Waals surface area contributed by atoms with Gasteiger partial charge in [-0.1, -0.05) is 18.2 Å². The summed E-state index contributed by atoms with van der Waals surface area (Å²) >= 11 is 0. The van der Waals surface area contributed by atoms with Crippen molar-refractivity contribution < 1.29 is 19.1 Å². The number of hydrogen-bond acceptors (Lipinski definition) is 4. The number of methoxy groups -OCH3 is 1. The minimum Gasteiger partial charge on any atom is -0.452 e. The largest absolute Gasteiger partial charge is 0.452 e. The Bertz CT molecular complexity index is 1010. The maximum atomic E-state index is 13.7. The van der Waals surface area contributed by atoms with E-state index < -0.39 is 23.0 Å². The van der Waals surface area contributed by atoms with Gasteiger partial charge < -0.3 is 9.64 Å². The first-order chi connectivity index (χ1) is 13.5. The Balaban J connectivity index is 1.64. The summed E-state index contributed by atoms with van der Waals surface area (Å²) in [6.45, 7) is 0.734. The van der Waals surface area contributed by atoms with Crippen molar-refractivity contribution in [2.24, 2.45) is 17.3 Å². The van der Waals surface area contributed by atoms with E-state index in [9.17, 15) is 14.4 Å². The van der Waals surface area contributed by atoms with E-state index in [4.69, 9.17) is 4.74 Å². The van der Waals surface area contributed by atoms with Crippen LogP contribution in [-0.4, -0.2) is 47.9 Å². The zero-order valence-electron chi connectivity index (χ0n) is 15.8. The van der Waals surface area contributed by atoms with Crippen molar-refractivity contribution in [2.45, 2.75) is 49.1 Å². The lowest BCUT2D eigenvalue weighted by Crippen LogP contribution is -2.76. The van der Waals surface area contributed by atoms with Crippen LogP contribution in [0.4, 0.5) is 10.5 Å². The van der Waals surface area contributed by atoms with Crippen molar-refractivity contribution in [1.29, 1.82) is 0 Å². The number of carbonyl (C=O) groups is 3. The van der Waals surface area contributed by atoms with Crippen LogP contribution in [0.3, 0.4) is 0 Å². The zero-order valence-corrected chi connectivity index (χ0v) is 15.8. The molecule has 1 aromatic carbocycles. The molecule has 3 heterocycles. The van der Waals surface area contributed by atoms with E-state index >= 15 is 0 Å². The molecular formula is C22H22N2O4. The number of nitrogens with zero attached hydrogens (tertiary/aromatic N) is 2. The Kier molecular flexibility index (Phi) is 2.38. The third-order valence-corrected chi connectivity index (χ3v) is 9.26. The number of rotatable bonds is 0. The van der Waals surface area contributed by atoms with Gasteiger partial charge in [0.25, 0.3) is 0 Å². The number of anilines is 1. The van der Waals surface area contributed by atoms with Crippen LogP contribution in [0.25, 0.3) is 0 Å². The first-order valence-corrected chi connectivity index (χ1v) is 10.4. The van der Waals surface area contributed by atoms with E-state index in [2.05, 4.69) is 6.07 Å². The molecule has 3 unspecified atom stereocenters. The second-order valence-electron chi connectivity index (χ2n) is 9.61. The number of Topliss-reactive ketones (excluding diaryl/α,β-unsaturated/α-hetero) is 1. The van der Waals surface area contributed by atoms with Gasteiger partial charge in [-0.3, -0.25) is 14.5 Å². The number of piperidine rings is 1. The molecule has 2 amide bonds. The number of ether oxygens (including phenoxy) is 1. The van der Waals surface area contributed by atoms with E-state index in [1.807, 2.05) is 23.1 Å². The molecular weight excluding hydrogens is 356 g/mol. The van der Waals surface area contributed by atoms with Gasteiger partial charge in [0.2, 0.25) is 5.91 Å². The Hall–Kier alpha value is -2.37. The summed E-state index contributed by atoms with van der Waals surface area (Å²) in [4.78, 5) is 44.2. The van der Waals surface area contributed by atoms with Crippen molar-refractivity contribution in [3.8, 4) is 0 Å². The molecule has 0 N–H and O–H groups in total. The van der Waals surface area contributed by atoms with Crippen LogP contribution in [0.2, 0.25) is 0 Å². The molecule has 1 aromatic rings. The van der Waals surface area contributed by atoms with Gasteiger partial charge in [-0.25, -0.2) is 4.79 Å². The Morgan fingerprint density at radius 1 is 1.18 bits per heavy atom. The van der Waals surface area contributed by atoms with Crippen LogP contribution in [-0.2, 0) is 19.7 Å². The Morgan fingerprint density at radius 3 is 2.82 bits per heavy atom. The summed E-state index contributed by atoms with van der Waals surface area (Å²) in [6.07, 6.45) is 4.25. The summed E-state index contributed by atoms with van der Waals surface area (Å²) in [6, 6.07) is 7.97. The fourth-order valence-corrected chi connectivity index (χ4v) is 8.89. The molecule has 4 saturated carbocycles. The van der Waals surface area contributed by atoms with Crippen LogP contribution >= 0.6 is 0 Å². The second-order valence-corrected chi connectivity index (χ2v) is 9.61. The number of fused-ring (bicyclic) bond motifs is 2. The maximum Gasteiger partial charge on any atom is 0.414 e. The zero-order chi connectivity index (χ0) is 19.1. The molecule has 4 aliphatic carbocycles. The lowest BCUT2D eigenvalue weighted by molar-refractivity contribution is -0.153. The highest BCUT2D eigenvalue weighted by molar-refractivity contribution is 6.14. The number of ketones is 1. The van der Waals surface area contributed by atoms with Crippen LogP contribution in [0.15, 0.2) is 24.3 Å². The average Bonchev–Trinajstić information content (AvgIpc) is 3.21. The molecule has 0 radical (unpaired) electrons. The first kappa shape index (κ1) is 15.5. The van der Waals surface area contributed by atoms with Gasteiger partial charge in [-0.2, -0.15) is 0 Å². The minimum absolute atomic E-state index is 0.00840. The lowest BCUT2D eigenvalue weighted by atomic mass is 9.41. The van der Waals surface area contributed by atoms with E-state index in [0.29, 0.717) is 0 Å². The van der Waals surface area contributed by atoms with Gasteiger partial charge in [-0.05, 0) is 49.1 Å². The van der Waals surface area contributed by atoms with E-state index in [1.165, 1.54) is 7.11 Å². The summed E-state index contributed by atoms with van der Waals surface area (Å²) in [5.74, 6) is -0.824. The molecule has 6 heteroatoms. The predicted molar refractivity (Wildman–Crippen MR) is 98.7 cm³/mol. The topological polar surface area (TPSA) is 66.9 Å². The molecule has 4 bridgehead atoms. The second kappa shape index (κ2) is 4.29. The average molecular weight is 378 g/mol. The molecule has 0 aromatic heterocycles. The fourth-order valence-electron chi connectivity index (χ4n) is 8.89. The van der Waals surface area contributed by atoms with Crippen LogP contribution < -0.4 is 4.90 Å². The van der Waals surface area contributed by atoms with E-state index in [0.717, 1.165) is 49.9 Å². The molecule has 8 rings (SSSR count). The predicted octanol–water partition coefficient (Wildman–Crippen LogP) is 2.25. The van der Waals surface area contributed by atoms with Gasteiger partial charge in [0.05, 0.1) is 29.8 Å². The van der Waals surface area contributed by atoms with Gasteiger partial charge >= 0.3 is 6.09 Å². The molecule has 7 aliphatic rings. The van der Waals surface area contributed by atoms with E-state index in [1.54, 1.807) is 4.90 Å². The fraction of sp³-hybridized carbons (Fsp3) is 0.591. The Morgan fingerprint density at radius 2 is 2.00 bits per heavy atom. The molecule has 6 nitrogen and oxygen atoms in total. The molecule has 6 fully saturated rings. The van der Waals surface area contributed by atoms with Crippen molar-refractivity contribution >= 4 is 23.5 Å². The summed E-state index contributed by atoms with van der Waals surface area (Å²) in [5.41, 5.74) is 0.621. The van der Waals surface area contributed by atoms with Gasteiger partial charge in [0.15, 0.2) is 5.78 Å². The third kappa shape index (κ3) is 1.15. The van der Waals surface area contributed by atoms with Crippen molar-refractivity contribution in [3.05, 3.63) is 29.8 Å². The molecule has 144 valence electrons. The van der Waals surface area contributed by atoms with Crippen molar-refractivity contribution in [3.63, 3.8) is 0 Å². The molecule has 6 atom stereocenters. The van der Waals surface area contributed by atoms with Crippen molar-refractivity contribution in [2.75, 3.05) is 18.6 Å². The van der Waals surface area contributed by atoms with Gasteiger partial charge in [0.1, 0.15) is 5.92 Å². The smallest absolute Gasteiger partial charge is 0.414 e. The number of para-hydroxylation sites is 1. The van der Waals surface area contributed by atoms with Crippen LogP contribution in [0.5, 0.6) is 0 Å². The van der Waals surface area contributed by atoms with Gasteiger partial charge in [0, 0.05) is 12.5 Å². The SMILES string of the molecule is COC(=O)N1c2ccccc2[C@]23C4C(=O)[C@@H]5CC6(CCCN(C4=O)[C@@H]62)CCC513. The quantitative estimate of drug-likeness (QED) is 0.650. The summed E-state index contributed by atoms with van der Waals surface area (Å²) < 4.78 is 5.23. The number of benzene rings is 1. The van der Waals surface area contributed by atoms with Crippen molar-refractivity contribution in [1.82, 2.24) is 4.90 Å². The highest BCUT2D eigenvalue weighted by Gasteiger charge is 2.90.